The number of aliphatic hydroxyl groups is 1. The Morgan fingerprint density at radius 3 is 2.38 bits per heavy atom. The number of aliphatic hydroxyl groups excluding tert-OH is 1. The van der Waals surface area contributed by atoms with E-state index in [1.165, 1.54) is 6.42 Å². The lowest BCUT2D eigenvalue weighted by atomic mass is 9.82. The van der Waals surface area contributed by atoms with Crippen molar-refractivity contribution in [2.45, 2.75) is 57.6 Å². The summed E-state index contributed by atoms with van der Waals surface area (Å²) in [6.45, 7) is 3.92. The zero-order valence-electron chi connectivity index (χ0n) is 13.0. The summed E-state index contributed by atoms with van der Waals surface area (Å²) >= 11 is 0. The van der Waals surface area contributed by atoms with Gasteiger partial charge in [-0.1, -0.05) is 19.3 Å². The summed E-state index contributed by atoms with van der Waals surface area (Å²) in [7, 11) is 1.75. The average molecular weight is 295 g/mol. The molecule has 1 saturated carbocycles. The van der Waals surface area contributed by atoms with Crippen molar-refractivity contribution in [3.8, 4) is 6.01 Å². The Labute approximate surface area is 125 Å². The van der Waals surface area contributed by atoms with Crippen LogP contribution < -0.4 is 15.4 Å². The fourth-order valence-electron chi connectivity index (χ4n) is 2.58. The first kappa shape index (κ1) is 15.8. The van der Waals surface area contributed by atoms with E-state index >= 15 is 0 Å². The van der Waals surface area contributed by atoms with Crippen LogP contribution in [0.5, 0.6) is 6.01 Å². The highest BCUT2D eigenvalue weighted by atomic mass is 16.5. The highest BCUT2D eigenvalue weighted by molar-refractivity contribution is 5.38. The number of hydrogen-bond acceptors (Lipinski definition) is 7. The molecule has 7 nitrogen and oxygen atoms in total. The van der Waals surface area contributed by atoms with Crippen LogP contribution in [0.2, 0.25) is 0 Å². The van der Waals surface area contributed by atoms with Crippen molar-refractivity contribution in [3.63, 3.8) is 0 Å². The minimum atomic E-state index is -0.334. The number of rotatable bonds is 6. The van der Waals surface area contributed by atoms with Gasteiger partial charge in [0.25, 0.3) is 0 Å². The van der Waals surface area contributed by atoms with Gasteiger partial charge in [0.15, 0.2) is 0 Å². The van der Waals surface area contributed by atoms with Crippen LogP contribution in [-0.2, 0) is 0 Å². The van der Waals surface area contributed by atoms with E-state index in [1.807, 2.05) is 13.8 Å². The van der Waals surface area contributed by atoms with Gasteiger partial charge in [0.2, 0.25) is 11.9 Å². The summed E-state index contributed by atoms with van der Waals surface area (Å²) in [5.41, 5.74) is -0.334. The Morgan fingerprint density at radius 2 is 1.81 bits per heavy atom. The van der Waals surface area contributed by atoms with E-state index in [9.17, 15) is 5.11 Å². The second-order valence-corrected chi connectivity index (χ2v) is 5.81. The molecule has 0 aliphatic heterocycles. The van der Waals surface area contributed by atoms with Gasteiger partial charge in [-0.25, -0.2) is 0 Å². The molecule has 0 aromatic carbocycles. The lowest BCUT2D eigenvalue weighted by molar-refractivity contribution is 0.171. The van der Waals surface area contributed by atoms with Gasteiger partial charge in [0, 0.05) is 7.05 Å². The summed E-state index contributed by atoms with van der Waals surface area (Å²) in [5.74, 6) is 0.896. The first-order chi connectivity index (χ1) is 10.1. The number of ether oxygens (including phenoxy) is 1. The molecule has 0 saturated heterocycles. The van der Waals surface area contributed by atoms with E-state index in [0.717, 1.165) is 25.7 Å². The summed E-state index contributed by atoms with van der Waals surface area (Å²) < 4.78 is 5.55. The third kappa shape index (κ3) is 4.17. The highest BCUT2D eigenvalue weighted by Crippen LogP contribution is 2.30. The number of nitrogens with zero attached hydrogens (tertiary/aromatic N) is 3. The molecule has 0 radical (unpaired) electrons. The van der Waals surface area contributed by atoms with Gasteiger partial charge in [-0.3, -0.25) is 0 Å². The predicted molar refractivity (Wildman–Crippen MR) is 81.7 cm³/mol. The van der Waals surface area contributed by atoms with Crippen molar-refractivity contribution < 1.29 is 9.84 Å². The molecule has 1 aliphatic rings. The maximum atomic E-state index is 9.76. The Morgan fingerprint density at radius 1 is 1.14 bits per heavy atom. The van der Waals surface area contributed by atoms with E-state index in [-0.39, 0.29) is 24.3 Å². The molecule has 0 unspecified atom stereocenters. The minimum absolute atomic E-state index is 0.00793. The molecule has 0 amide bonds. The SMILES string of the molecule is CNc1nc(NC2(CO)CCCCC2)nc(OC(C)C)n1. The van der Waals surface area contributed by atoms with E-state index in [2.05, 4.69) is 25.6 Å². The van der Waals surface area contributed by atoms with Crippen molar-refractivity contribution >= 4 is 11.9 Å². The summed E-state index contributed by atoms with van der Waals surface area (Å²) in [4.78, 5) is 12.8. The molecule has 1 aromatic rings. The fraction of sp³-hybridized carbons (Fsp3) is 0.786. The van der Waals surface area contributed by atoms with Gasteiger partial charge in [-0.2, -0.15) is 15.0 Å². The van der Waals surface area contributed by atoms with Crippen LogP contribution in [-0.4, -0.2) is 45.4 Å². The predicted octanol–water partition coefficient (Wildman–Crippen LogP) is 1.81. The molecule has 1 aliphatic carbocycles. The standard InChI is InChI=1S/C14H25N5O2/c1-10(2)21-13-17-11(15-3)16-12(18-13)19-14(9-20)7-5-4-6-8-14/h10,20H,4-9H2,1-3H3,(H2,15,16,17,18,19). The molecule has 21 heavy (non-hydrogen) atoms. The maximum Gasteiger partial charge on any atom is 0.323 e. The number of hydrogen-bond donors (Lipinski definition) is 3. The van der Waals surface area contributed by atoms with Gasteiger partial charge >= 0.3 is 6.01 Å². The van der Waals surface area contributed by atoms with Crippen LogP contribution >= 0.6 is 0 Å². The smallest absolute Gasteiger partial charge is 0.323 e. The fourth-order valence-corrected chi connectivity index (χ4v) is 2.58. The van der Waals surface area contributed by atoms with Crippen LogP contribution in [0.1, 0.15) is 46.0 Å². The van der Waals surface area contributed by atoms with Crippen LogP contribution in [0.25, 0.3) is 0 Å². The number of nitrogens with one attached hydrogen (secondary N) is 2. The Bertz CT molecular complexity index is 461. The molecule has 0 atom stereocenters. The first-order valence-corrected chi connectivity index (χ1v) is 7.56. The lowest BCUT2D eigenvalue weighted by Gasteiger charge is -2.36. The van der Waals surface area contributed by atoms with E-state index in [4.69, 9.17) is 4.74 Å². The van der Waals surface area contributed by atoms with Crippen molar-refractivity contribution in [2.24, 2.45) is 0 Å². The second kappa shape index (κ2) is 6.89. The van der Waals surface area contributed by atoms with Crippen LogP contribution in [0.4, 0.5) is 11.9 Å². The highest BCUT2D eigenvalue weighted by Gasteiger charge is 2.32. The molecule has 2 rings (SSSR count). The van der Waals surface area contributed by atoms with Gasteiger partial charge in [-0.15, -0.1) is 0 Å². The van der Waals surface area contributed by atoms with Crippen molar-refractivity contribution in [1.29, 1.82) is 0 Å². The zero-order chi connectivity index (χ0) is 15.3. The molecule has 118 valence electrons. The minimum Gasteiger partial charge on any atom is -0.461 e. The lowest BCUT2D eigenvalue weighted by Crippen LogP contribution is -2.44. The van der Waals surface area contributed by atoms with Crippen molar-refractivity contribution in [2.75, 3.05) is 24.3 Å². The molecule has 1 aromatic heterocycles. The van der Waals surface area contributed by atoms with E-state index in [1.54, 1.807) is 7.05 Å². The van der Waals surface area contributed by atoms with Gasteiger partial charge < -0.3 is 20.5 Å². The Kier molecular flexibility index (Phi) is 5.17. The molecular weight excluding hydrogens is 270 g/mol. The third-order valence-electron chi connectivity index (χ3n) is 3.67. The molecule has 7 heteroatoms. The normalized spacial score (nSPS) is 17.6. The molecular formula is C14H25N5O2. The molecule has 1 heterocycles. The topological polar surface area (TPSA) is 92.2 Å². The van der Waals surface area contributed by atoms with E-state index in [0.29, 0.717) is 11.9 Å². The number of aromatic nitrogens is 3. The van der Waals surface area contributed by atoms with Crippen LogP contribution in [0.3, 0.4) is 0 Å². The van der Waals surface area contributed by atoms with Crippen LogP contribution in [0.15, 0.2) is 0 Å². The average Bonchev–Trinajstić information content (AvgIpc) is 2.47. The molecule has 0 spiro atoms. The largest absolute Gasteiger partial charge is 0.461 e. The molecule has 3 N–H and O–H groups in total. The summed E-state index contributed by atoms with van der Waals surface area (Å²) in [6.07, 6.45) is 5.25. The van der Waals surface area contributed by atoms with Crippen molar-refractivity contribution in [1.82, 2.24) is 15.0 Å². The van der Waals surface area contributed by atoms with Gasteiger partial charge in [0.1, 0.15) is 0 Å². The van der Waals surface area contributed by atoms with Crippen LogP contribution in [0, 0.1) is 0 Å². The quantitative estimate of drug-likeness (QED) is 0.737. The first-order valence-electron chi connectivity index (χ1n) is 7.56. The Balaban J connectivity index is 2.21. The second-order valence-electron chi connectivity index (χ2n) is 5.81. The third-order valence-corrected chi connectivity index (χ3v) is 3.67. The Hall–Kier alpha value is -1.63. The molecule has 0 bridgehead atoms. The summed E-state index contributed by atoms with van der Waals surface area (Å²) in [5, 5.41) is 16.0. The van der Waals surface area contributed by atoms with E-state index < -0.39 is 0 Å². The number of anilines is 2. The van der Waals surface area contributed by atoms with Crippen molar-refractivity contribution in [3.05, 3.63) is 0 Å². The van der Waals surface area contributed by atoms with Gasteiger partial charge in [-0.05, 0) is 26.7 Å². The van der Waals surface area contributed by atoms with Gasteiger partial charge in [0.05, 0.1) is 18.2 Å². The monoisotopic (exact) mass is 295 g/mol. The zero-order valence-corrected chi connectivity index (χ0v) is 13.0. The summed E-state index contributed by atoms with van der Waals surface area (Å²) in [6, 6.07) is 0.288. The maximum absolute atomic E-state index is 9.76. The molecule has 1 fully saturated rings.